The lowest BCUT2D eigenvalue weighted by molar-refractivity contribution is -0.0370. The van der Waals surface area contributed by atoms with Crippen LogP contribution in [0, 0.1) is 5.92 Å². The van der Waals surface area contributed by atoms with Crippen LogP contribution in [-0.4, -0.2) is 29.8 Å². The molecule has 1 heterocycles. The number of carbonyl (C=O) groups excluding carboxylic acids is 1. The van der Waals surface area contributed by atoms with Gasteiger partial charge in [0.15, 0.2) is 0 Å². The molecule has 0 aliphatic carbocycles. The first-order chi connectivity index (χ1) is 9.81. The molecule has 116 valence electrons. The molecule has 1 saturated heterocycles. The molecule has 2 N–H and O–H groups in total. The van der Waals surface area contributed by atoms with Crippen LogP contribution in [-0.2, 0) is 4.74 Å². The van der Waals surface area contributed by atoms with Crippen molar-refractivity contribution in [1.29, 1.82) is 0 Å². The van der Waals surface area contributed by atoms with E-state index in [1.165, 1.54) is 0 Å². The third-order valence-corrected chi connectivity index (χ3v) is 4.99. The summed E-state index contributed by atoms with van der Waals surface area (Å²) in [4.78, 5) is 12.4. The van der Waals surface area contributed by atoms with Crippen molar-refractivity contribution < 1.29 is 14.6 Å². The predicted molar refractivity (Wildman–Crippen MR) is 88.6 cm³/mol. The Morgan fingerprint density at radius 2 is 1.95 bits per heavy atom. The van der Waals surface area contributed by atoms with Gasteiger partial charge in [0.05, 0.1) is 4.47 Å². The topological polar surface area (TPSA) is 58.6 Å². The Hall–Kier alpha value is -0.590. The lowest BCUT2D eigenvalue weighted by Gasteiger charge is -2.36. The first-order valence-electron chi connectivity index (χ1n) is 6.93. The number of ether oxygens (including phenoxy) is 1. The first kappa shape index (κ1) is 16.8. The van der Waals surface area contributed by atoms with Crippen LogP contribution in [0.2, 0.25) is 0 Å². The molecule has 1 aromatic rings. The average Bonchev–Trinajstić information content (AvgIpc) is 2.43. The summed E-state index contributed by atoms with van der Waals surface area (Å²) in [6.45, 7) is 5.76. The van der Waals surface area contributed by atoms with E-state index in [2.05, 4.69) is 37.2 Å². The first-order valence-corrected chi connectivity index (χ1v) is 8.52. The lowest BCUT2D eigenvalue weighted by Crippen LogP contribution is -2.42. The molecule has 0 bridgehead atoms. The van der Waals surface area contributed by atoms with Crippen LogP contribution in [0.25, 0.3) is 0 Å². The monoisotopic (exact) mass is 419 g/mol. The van der Waals surface area contributed by atoms with Gasteiger partial charge in [0.2, 0.25) is 0 Å². The molecule has 0 atom stereocenters. The maximum Gasteiger partial charge on any atom is 0.342 e. The molecular formula is C15H19Br2NO3. The number of hydrogen-bond donors (Lipinski definition) is 2. The Labute approximate surface area is 141 Å². The van der Waals surface area contributed by atoms with Crippen LogP contribution in [0.5, 0.6) is 5.75 Å². The summed E-state index contributed by atoms with van der Waals surface area (Å²) in [5.41, 5.74) is -0.390. The largest absolute Gasteiger partial charge is 0.506 e. The molecule has 21 heavy (non-hydrogen) atoms. The van der Waals surface area contributed by atoms with Crippen molar-refractivity contribution in [1.82, 2.24) is 5.32 Å². The summed E-state index contributed by atoms with van der Waals surface area (Å²) in [5.74, 6) is -0.275. The van der Waals surface area contributed by atoms with Crippen molar-refractivity contribution in [3.05, 3.63) is 26.6 Å². The molecular weight excluding hydrogens is 402 g/mol. The highest BCUT2D eigenvalue weighted by atomic mass is 79.9. The van der Waals surface area contributed by atoms with Crippen molar-refractivity contribution >= 4 is 37.8 Å². The maximum atomic E-state index is 12.4. The van der Waals surface area contributed by atoms with Gasteiger partial charge >= 0.3 is 5.97 Å². The van der Waals surface area contributed by atoms with Crippen LogP contribution >= 0.6 is 31.9 Å². The number of hydrogen-bond acceptors (Lipinski definition) is 4. The third kappa shape index (κ3) is 3.99. The Morgan fingerprint density at radius 1 is 1.33 bits per heavy atom. The minimum atomic E-state index is -0.555. The zero-order valence-corrected chi connectivity index (χ0v) is 15.3. The summed E-state index contributed by atoms with van der Waals surface area (Å²) in [5, 5.41) is 13.3. The van der Waals surface area contributed by atoms with Crippen LogP contribution in [0.15, 0.2) is 21.1 Å². The Bertz CT molecular complexity index is 540. The molecule has 4 nitrogen and oxygen atoms in total. The number of phenols is 1. The Balaban J connectivity index is 2.17. The summed E-state index contributed by atoms with van der Waals surface area (Å²) in [7, 11) is 0. The molecule has 0 saturated carbocycles. The second-order valence-electron chi connectivity index (χ2n) is 5.80. The molecule has 1 aliphatic heterocycles. The van der Waals surface area contributed by atoms with Crippen LogP contribution in [0.4, 0.5) is 0 Å². The zero-order valence-electron chi connectivity index (χ0n) is 12.1. The Morgan fingerprint density at radius 3 is 2.57 bits per heavy atom. The number of piperidine rings is 1. The molecule has 0 radical (unpaired) electrons. The van der Waals surface area contributed by atoms with Gasteiger partial charge < -0.3 is 15.2 Å². The molecule has 0 amide bonds. The fraction of sp³-hybridized carbons (Fsp3) is 0.533. The van der Waals surface area contributed by atoms with E-state index in [0.717, 1.165) is 25.9 Å². The maximum absolute atomic E-state index is 12.4. The molecule has 6 heteroatoms. The van der Waals surface area contributed by atoms with Gasteiger partial charge in [-0.2, -0.15) is 0 Å². The minimum absolute atomic E-state index is 0.0932. The fourth-order valence-electron chi connectivity index (χ4n) is 2.62. The summed E-state index contributed by atoms with van der Waals surface area (Å²) < 4.78 is 6.85. The van der Waals surface area contributed by atoms with E-state index in [1.54, 1.807) is 12.1 Å². The normalized spacial score (nSPS) is 16.8. The summed E-state index contributed by atoms with van der Waals surface area (Å²) in [6.07, 6.45) is 1.96. The van der Waals surface area contributed by atoms with Crippen molar-refractivity contribution in [3.63, 3.8) is 0 Å². The van der Waals surface area contributed by atoms with E-state index in [4.69, 9.17) is 4.74 Å². The number of carbonyl (C=O) groups is 1. The minimum Gasteiger partial charge on any atom is -0.506 e. The van der Waals surface area contributed by atoms with Gasteiger partial charge in [-0.1, -0.05) is 15.9 Å². The fourth-order valence-corrected chi connectivity index (χ4v) is 3.84. The van der Waals surface area contributed by atoms with Crippen molar-refractivity contribution in [3.8, 4) is 5.75 Å². The van der Waals surface area contributed by atoms with Gasteiger partial charge in [-0.05, 0) is 67.8 Å². The highest BCUT2D eigenvalue weighted by Crippen LogP contribution is 2.35. The van der Waals surface area contributed by atoms with Gasteiger partial charge in [-0.3, -0.25) is 0 Å². The molecule has 0 aromatic heterocycles. The number of esters is 1. The van der Waals surface area contributed by atoms with E-state index < -0.39 is 11.6 Å². The highest BCUT2D eigenvalue weighted by Gasteiger charge is 2.35. The van der Waals surface area contributed by atoms with Gasteiger partial charge in [-0.25, -0.2) is 4.79 Å². The van der Waals surface area contributed by atoms with Gasteiger partial charge in [0.25, 0.3) is 0 Å². The number of halogens is 2. The van der Waals surface area contributed by atoms with Crippen molar-refractivity contribution in [2.24, 2.45) is 5.92 Å². The van der Waals surface area contributed by atoms with Gasteiger partial charge in [0.1, 0.15) is 16.9 Å². The molecule has 1 aliphatic rings. The average molecular weight is 421 g/mol. The van der Waals surface area contributed by atoms with Crippen LogP contribution in [0.1, 0.15) is 37.0 Å². The van der Waals surface area contributed by atoms with E-state index in [9.17, 15) is 9.90 Å². The van der Waals surface area contributed by atoms with E-state index >= 15 is 0 Å². The van der Waals surface area contributed by atoms with Crippen molar-refractivity contribution in [2.75, 3.05) is 13.1 Å². The quantitative estimate of drug-likeness (QED) is 0.729. The standard InChI is InChI=1S/C15H19Br2NO3/c1-15(2,9-3-5-18-6-4-9)21-14(20)11-7-10(16)8-12(17)13(11)19/h7-9,18-19H,3-6H2,1-2H3. The van der Waals surface area contributed by atoms with E-state index in [1.807, 2.05) is 13.8 Å². The smallest absolute Gasteiger partial charge is 0.342 e. The molecule has 2 rings (SSSR count). The Kier molecular flexibility index (Phi) is 5.33. The van der Waals surface area contributed by atoms with E-state index in [0.29, 0.717) is 14.9 Å². The number of aromatic hydroxyl groups is 1. The number of nitrogens with one attached hydrogen (secondary N) is 1. The lowest BCUT2D eigenvalue weighted by atomic mass is 9.83. The van der Waals surface area contributed by atoms with E-state index in [-0.39, 0.29) is 11.3 Å². The molecule has 1 aromatic carbocycles. The number of benzene rings is 1. The predicted octanol–water partition coefficient (Wildman–Crippen LogP) is 3.85. The second kappa shape index (κ2) is 6.67. The molecule has 1 fully saturated rings. The van der Waals surface area contributed by atoms with Crippen LogP contribution in [0.3, 0.4) is 0 Å². The second-order valence-corrected chi connectivity index (χ2v) is 7.57. The van der Waals surface area contributed by atoms with Crippen LogP contribution < -0.4 is 5.32 Å². The molecule has 0 spiro atoms. The third-order valence-electron chi connectivity index (χ3n) is 3.93. The van der Waals surface area contributed by atoms with Gasteiger partial charge in [-0.15, -0.1) is 0 Å². The summed E-state index contributed by atoms with van der Waals surface area (Å²) in [6, 6.07) is 3.25. The van der Waals surface area contributed by atoms with Crippen molar-refractivity contribution in [2.45, 2.75) is 32.3 Å². The zero-order chi connectivity index (χ0) is 15.6. The highest BCUT2D eigenvalue weighted by molar-refractivity contribution is 9.11. The SMILES string of the molecule is CC(C)(OC(=O)c1cc(Br)cc(Br)c1O)C1CCNCC1. The number of phenolic OH excluding ortho intramolecular Hbond substituents is 1. The van der Waals surface area contributed by atoms with Gasteiger partial charge in [0, 0.05) is 10.4 Å². The number of rotatable bonds is 3. The summed E-state index contributed by atoms with van der Waals surface area (Å²) >= 11 is 6.54. The molecule has 0 unspecified atom stereocenters.